The first-order chi connectivity index (χ1) is 15.4. The molecule has 32 heavy (non-hydrogen) atoms. The average molecular weight is 450 g/mol. The van der Waals surface area contributed by atoms with Gasteiger partial charge in [-0.15, -0.1) is 11.3 Å². The third-order valence-corrected chi connectivity index (χ3v) is 5.65. The molecular weight excluding hydrogens is 432 g/mol. The number of azo groups is 1. The molecule has 11 heteroatoms. The van der Waals surface area contributed by atoms with Crippen LogP contribution in [0.4, 0.5) is 16.5 Å². The zero-order valence-electron chi connectivity index (χ0n) is 17.4. The van der Waals surface area contributed by atoms with Crippen LogP contribution in [0.3, 0.4) is 0 Å². The number of nitrogens with zero attached hydrogens (tertiary/aromatic N) is 6. The van der Waals surface area contributed by atoms with E-state index in [9.17, 15) is 14.9 Å². The lowest BCUT2D eigenvalue weighted by Crippen LogP contribution is -2.29. The maximum absolute atomic E-state index is 12.9. The molecule has 162 valence electrons. The maximum atomic E-state index is 12.9. The Morgan fingerprint density at radius 3 is 2.62 bits per heavy atom. The second-order valence-electron chi connectivity index (χ2n) is 6.98. The molecule has 0 radical (unpaired) electrons. The molecule has 0 aliphatic carbocycles. The predicted molar refractivity (Wildman–Crippen MR) is 121 cm³/mol. The normalized spacial score (nSPS) is 16.0. The van der Waals surface area contributed by atoms with Gasteiger partial charge in [-0.25, -0.2) is 4.98 Å². The Hall–Kier alpha value is -3.99. The van der Waals surface area contributed by atoms with E-state index in [0.717, 1.165) is 11.3 Å². The minimum Gasteiger partial charge on any atom is -0.497 e. The van der Waals surface area contributed by atoms with Gasteiger partial charge in [0.25, 0.3) is 11.6 Å². The highest BCUT2D eigenvalue weighted by Gasteiger charge is 2.36. The van der Waals surface area contributed by atoms with E-state index in [0.29, 0.717) is 22.1 Å². The SMILES string of the molecule is COc1ccc(-c2csc(N3N=C(C)C(N=Nc4ccc(C)c([N+](=O)[O-])c4)C3=O)n2)cc1. The van der Waals surface area contributed by atoms with E-state index < -0.39 is 11.0 Å². The topological polar surface area (TPSA) is 123 Å². The Morgan fingerprint density at radius 2 is 1.94 bits per heavy atom. The number of hydrogen-bond donors (Lipinski definition) is 0. The molecule has 0 saturated carbocycles. The van der Waals surface area contributed by atoms with Crippen molar-refractivity contribution in [3.63, 3.8) is 0 Å². The van der Waals surface area contributed by atoms with Crippen molar-refractivity contribution in [3.8, 4) is 17.0 Å². The van der Waals surface area contributed by atoms with Crippen LogP contribution in [0.5, 0.6) is 5.75 Å². The van der Waals surface area contributed by atoms with Crippen LogP contribution in [0.25, 0.3) is 11.3 Å². The summed E-state index contributed by atoms with van der Waals surface area (Å²) in [5.41, 5.74) is 2.81. The summed E-state index contributed by atoms with van der Waals surface area (Å²) < 4.78 is 5.17. The third kappa shape index (κ3) is 4.10. The van der Waals surface area contributed by atoms with Crippen LogP contribution in [-0.2, 0) is 4.79 Å². The number of nitro benzene ring substituents is 1. The van der Waals surface area contributed by atoms with Gasteiger partial charge < -0.3 is 4.74 Å². The van der Waals surface area contributed by atoms with Crippen LogP contribution in [0, 0.1) is 17.0 Å². The molecule has 3 aromatic rings. The maximum Gasteiger partial charge on any atom is 0.282 e. The van der Waals surface area contributed by atoms with Gasteiger partial charge in [0.2, 0.25) is 5.13 Å². The fraction of sp³-hybridized carbons (Fsp3) is 0.190. The number of carbonyl (C=O) groups excluding carboxylic acids is 1. The fourth-order valence-corrected chi connectivity index (χ4v) is 3.85. The standard InChI is InChI=1S/C21H18N6O4S/c1-12-4-7-15(10-18(12)27(29)30)23-24-19-13(2)25-26(20(19)28)21-22-17(11-32-21)14-5-8-16(31-3)9-6-14/h4-11,19H,1-3H3. The van der Waals surface area contributed by atoms with Gasteiger partial charge in [0.05, 0.1) is 29.1 Å². The number of carbonyl (C=O) groups is 1. The minimum atomic E-state index is -0.913. The van der Waals surface area contributed by atoms with Crippen LogP contribution < -0.4 is 9.75 Å². The van der Waals surface area contributed by atoms with Crippen molar-refractivity contribution in [3.05, 3.63) is 63.5 Å². The Labute approximate surface area is 187 Å². The molecule has 0 N–H and O–H groups in total. The Kier molecular flexibility index (Phi) is 5.73. The lowest BCUT2D eigenvalue weighted by molar-refractivity contribution is -0.385. The minimum absolute atomic E-state index is 0.0555. The summed E-state index contributed by atoms with van der Waals surface area (Å²) in [4.78, 5) is 28.1. The highest BCUT2D eigenvalue weighted by atomic mass is 32.1. The van der Waals surface area contributed by atoms with Crippen molar-refractivity contribution < 1.29 is 14.5 Å². The van der Waals surface area contributed by atoms with Crippen molar-refractivity contribution in [1.29, 1.82) is 0 Å². The molecular formula is C21H18N6O4S. The van der Waals surface area contributed by atoms with Gasteiger partial charge in [0.15, 0.2) is 6.04 Å². The van der Waals surface area contributed by atoms with Crippen LogP contribution in [0.1, 0.15) is 12.5 Å². The second kappa shape index (κ2) is 8.63. The number of ether oxygens (including phenoxy) is 1. The number of rotatable bonds is 6. The average Bonchev–Trinajstić information content (AvgIpc) is 3.38. The van der Waals surface area contributed by atoms with E-state index in [4.69, 9.17) is 4.74 Å². The molecule has 0 spiro atoms. The molecule has 2 heterocycles. The number of hydrogen-bond acceptors (Lipinski definition) is 9. The van der Waals surface area contributed by atoms with Gasteiger partial charge in [-0.3, -0.25) is 14.9 Å². The summed E-state index contributed by atoms with van der Waals surface area (Å²) in [6, 6.07) is 11.1. The zero-order chi connectivity index (χ0) is 22.8. The molecule has 1 atom stereocenters. The number of methoxy groups -OCH3 is 1. The zero-order valence-corrected chi connectivity index (χ0v) is 18.2. The van der Waals surface area contributed by atoms with Crippen LogP contribution in [0.15, 0.2) is 63.2 Å². The number of hydrazone groups is 1. The number of nitro groups is 1. The lowest BCUT2D eigenvalue weighted by atomic mass is 10.2. The van der Waals surface area contributed by atoms with E-state index in [-0.39, 0.29) is 17.3 Å². The first-order valence-corrected chi connectivity index (χ1v) is 10.4. The molecule has 1 aliphatic heterocycles. The number of aryl methyl sites for hydroxylation is 1. The summed E-state index contributed by atoms with van der Waals surface area (Å²) >= 11 is 1.29. The van der Waals surface area contributed by atoms with Gasteiger partial charge in [-0.1, -0.05) is 6.07 Å². The van der Waals surface area contributed by atoms with Crippen molar-refractivity contribution in [2.24, 2.45) is 15.3 Å². The summed E-state index contributed by atoms with van der Waals surface area (Å²) in [7, 11) is 1.60. The van der Waals surface area contributed by atoms with E-state index in [2.05, 4.69) is 20.3 Å². The number of amides is 1. The molecule has 0 fully saturated rings. The molecule has 10 nitrogen and oxygen atoms in total. The second-order valence-corrected chi connectivity index (χ2v) is 7.82. The van der Waals surface area contributed by atoms with Crippen LogP contribution >= 0.6 is 11.3 Å². The Morgan fingerprint density at radius 1 is 1.19 bits per heavy atom. The number of anilines is 1. The van der Waals surface area contributed by atoms with Crippen LogP contribution in [0.2, 0.25) is 0 Å². The number of benzene rings is 2. The van der Waals surface area contributed by atoms with Gasteiger partial charge in [-0.05, 0) is 44.2 Å². The van der Waals surface area contributed by atoms with Gasteiger partial charge >= 0.3 is 0 Å². The quantitative estimate of drug-likeness (QED) is 0.300. The molecule has 2 aromatic carbocycles. The van der Waals surface area contributed by atoms with E-state index in [1.807, 2.05) is 29.6 Å². The molecule has 1 amide bonds. The summed E-state index contributed by atoms with van der Waals surface area (Å²) in [5, 5.41) is 27.0. The van der Waals surface area contributed by atoms with E-state index >= 15 is 0 Å². The largest absolute Gasteiger partial charge is 0.497 e. The Bertz CT molecular complexity index is 1250. The fourth-order valence-electron chi connectivity index (χ4n) is 3.06. The molecule has 0 saturated heterocycles. The van der Waals surface area contributed by atoms with E-state index in [1.54, 1.807) is 33.1 Å². The monoisotopic (exact) mass is 450 g/mol. The van der Waals surface area contributed by atoms with Gasteiger partial charge in [0, 0.05) is 22.6 Å². The Balaban J connectivity index is 1.53. The highest BCUT2D eigenvalue weighted by Crippen LogP contribution is 2.32. The van der Waals surface area contributed by atoms with E-state index in [1.165, 1.54) is 22.4 Å². The van der Waals surface area contributed by atoms with Crippen molar-refractivity contribution in [2.45, 2.75) is 19.9 Å². The smallest absolute Gasteiger partial charge is 0.282 e. The number of aromatic nitrogens is 1. The first kappa shape index (κ1) is 21.2. The molecule has 0 bridgehead atoms. The molecule has 1 aliphatic rings. The number of thiazole rings is 1. The van der Waals surface area contributed by atoms with Crippen molar-refractivity contribution in [2.75, 3.05) is 12.1 Å². The molecule has 1 aromatic heterocycles. The van der Waals surface area contributed by atoms with Crippen molar-refractivity contribution >= 4 is 39.5 Å². The predicted octanol–water partition coefficient (Wildman–Crippen LogP) is 4.91. The van der Waals surface area contributed by atoms with Crippen LogP contribution in [-0.4, -0.2) is 34.7 Å². The highest BCUT2D eigenvalue weighted by molar-refractivity contribution is 7.14. The summed E-state index contributed by atoms with van der Waals surface area (Å²) in [6.45, 7) is 3.32. The van der Waals surface area contributed by atoms with Gasteiger partial charge in [-0.2, -0.15) is 20.3 Å². The molecule has 4 rings (SSSR count). The summed E-state index contributed by atoms with van der Waals surface area (Å²) in [5.74, 6) is 0.356. The van der Waals surface area contributed by atoms with Gasteiger partial charge in [0.1, 0.15) is 5.75 Å². The molecule has 1 unspecified atom stereocenters. The lowest BCUT2D eigenvalue weighted by Gasteiger charge is -2.08. The van der Waals surface area contributed by atoms with Crippen molar-refractivity contribution in [1.82, 2.24) is 4.98 Å². The summed E-state index contributed by atoms with van der Waals surface area (Å²) in [6.07, 6.45) is 0. The first-order valence-electron chi connectivity index (χ1n) is 9.52. The third-order valence-electron chi connectivity index (χ3n) is 4.83.